The summed E-state index contributed by atoms with van der Waals surface area (Å²) in [5.74, 6) is -0.566. The van der Waals surface area contributed by atoms with Crippen LogP contribution in [0.3, 0.4) is 0 Å². The molecular weight excluding hydrogens is 266 g/mol. The maximum Gasteiger partial charge on any atom is 0.314 e. The lowest BCUT2D eigenvalue weighted by Gasteiger charge is -2.24. The standard InChI is InChI=1S/C17H23NO3/c1-3-7-12-10-14(12)18-15(19)11-17(2,16(20)21)13-8-5-4-6-9-13/h4-6,8-9,12,14H,3,7,10-11H2,1-2H3,(H,18,19)(H,20,21). The van der Waals surface area contributed by atoms with E-state index in [1.807, 2.05) is 6.07 Å². The normalized spacial score (nSPS) is 23.1. The van der Waals surface area contributed by atoms with Gasteiger partial charge in [-0.25, -0.2) is 0 Å². The Labute approximate surface area is 125 Å². The summed E-state index contributed by atoms with van der Waals surface area (Å²) < 4.78 is 0. The molecule has 0 spiro atoms. The average molecular weight is 289 g/mol. The van der Waals surface area contributed by atoms with Gasteiger partial charge in [-0.2, -0.15) is 0 Å². The van der Waals surface area contributed by atoms with Gasteiger partial charge < -0.3 is 10.4 Å². The highest BCUT2D eigenvalue weighted by Gasteiger charge is 2.41. The Kier molecular flexibility index (Phi) is 4.66. The molecule has 4 heteroatoms. The molecule has 2 rings (SSSR count). The fourth-order valence-electron chi connectivity index (χ4n) is 2.80. The summed E-state index contributed by atoms with van der Waals surface area (Å²) in [6.45, 7) is 3.74. The van der Waals surface area contributed by atoms with Crippen LogP contribution in [0.2, 0.25) is 0 Å². The van der Waals surface area contributed by atoms with Gasteiger partial charge in [-0.1, -0.05) is 43.7 Å². The predicted molar refractivity (Wildman–Crippen MR) is 81.0 cm³/mol. The van der Waals surface area contributed by atoms with Gasteiger partial charge in [0.25, 0.3) is 0 Å². The average Bonchev–Trinajstić information content (AvgIpc) is 3.17. The molecule has 3 atom stereocenters. The Morgan fingerprint density at radius 1 is 1.33 bits per heavy atom. The van der Waals surface area contributed by atoms with Crippen molar-refractivity contribution in [1.29, 1.82) is 0 Å². The van der Waals surface area contributed by atoms with E-state index >= 15 is 0 Å². The molecule has 1 fully saturated rings. The van der Waals surface area contributed by atoms with Crippen molar-refractivity contribution in [3.8, 4) is 0 Å². The molecule has 1 aromatic carbocycles. The first kappa shape index (κ1) is 15.5. The van der Waals surface area contributed by atoms with Gasteiger partial charge in [-0.15, -0.1) is 0 Å². The number of hydrogen-bond donors (Lipinski definition) is 2. The number of carbonyl (C=O) groups is 2. The molecule has 1 amide bonds. The minimum absolute atomic E-state index is 0.0261. The molecule has 1 saturated carbocycles. The monoisotopic (exact) mass is 289 g/mol. The molecule has 4 nitrogen and oxygen atoms in total. The van der Waals surface area contributed by atoms with Crippen LogP contribution in [0.1, 0.15) is 45.1 Å². The highest BCUT2D eigenvalue weighted by molar-refractivity contribution is 5.89. The van der Waals surface area contributed by atoms with Crippen LogP contribution in [-0.2, 0) is 15.0 Å². The maximum absolute atomic E-state index is 12.2. The Bertz CT molecular complexity index is 514. The third kappa shape index (κ3) is 3.63. The number of rotatable bonds is 7. The molecule has 0 heterocycles. The molecule has 114 valence electrons. The van der Waals surface area contributed by atoms with Gasteiger partial charge in [0.15, 0.2) is 0 Å². The second-order valence-electron chi connectivity index (χ2n) is 6.14. The molecule has 0 aliphatic heterocycles. The smallest absolute Gasteiger partial charge is 0.314 e. The molecule has 21 heavy (non-hydrogen) atoms. The van der Waals surface area contributed by atoms with E-state index in [0.717, 1.165) is 19.3 Å². The summed E-state index contributed by atoms with van der Waals surface area (Å²) in [5.41, 5.74) is -0.519. The molecule has 0 aromatic heterocycles. The van der Waals surface area contributed by atoms with Crippen molar-refractivity contribution in [1.82, 2.24) is 5.32 Å². The van der Waals surface area contributed by atoms with E-state index in [2.05, 4.69) is 12.2 Å². The van der Waals surface area contributed by atoms with Crippen LogP contribution in [0.15, 0.2) is 30.3 Å². The van der Waals surface area contributed by atoms with Crippen LogP contribution in [0.25, 0.3) is 0 Å². The van der Waals surface area contributed by atoms with Crippen LogP contribution >= 0.6 is 0 Å². The number of carboxylic acids is 1. The van der Waals surface area contributed by atoms with Gasteiger partial charge in [0, 0.05) is 12.5 Å². The second-order valence-corrected chi connectivity index (χ2v) is 6.14. The lowest BCUT2D eigenvalue weighted by atomic mass is 9.79. The van der Waals surface area contributed by atoms with Crippen molar-refractivity contribution in [2.24, 2.45) is 5.92 Å². The lowest BCUT2D eigenvalue weighted by Crippen LogP contribution is -2.39. The summed E-state index contributed by atoms with van der Waals surface area (Å²) in [6, 6.07) is 9.20. The summed E-state index contributed by atoms with van der Waals surface area (Å²) in [5, 5.41) is 12.5. The topological polar surface area (TPSA) is 66.4 Å². The zero-order valence-corrected chi connectivity index (χ0v) is 12.6. The Hall–Kier alpha value is -1.84. The molecule has 1 aliphatic carbocycles. The number of hydrogen-bond acceptors (Lipinski definition) is 2. The summed E-state index contributed by atoms with van der Waals surface area (Å²) in [4.78, 5) is 23.8. The lowest BCUT2D eigenvalue weighted by molar-refractivity contribution is -0.145. The number of carbonyl (C=O) groups excluding carboxylic acids is 1. The molecule has 0 saturated heterocycles. The molecular formula is C17H23NO3. The van der Waals surface area contributed by atoms with Gasteiger partial charge in [0.2, 0.25) is 5.91 Å². The molecule has 1 aromatic rings. The summed E-state index contributed by atoms with van der Waals surface area (Å²) >= 11 is 0. The van der Waals surface area contributed by atoms with Crippen molar-refractivity contribution in [2.75, 3.05) is 0 Å². The van der Waals surface area contributed by atoms with Crippen LogP contribution in [0, 0.1) is 5.92 Å². The Morgan fingerprint density at radius 3 is 2.57 bits per heavy atom. The van der Waals surface area contributed by atoms with E-state index < -0.39 is 11.4 Å². The van der Waals surface area contributed by atoms with Crippen molar-refractivity contribution in [2.45, 2.75) is 51.0 Å². The van der Waals surface area contributed by atoms with Crippen LogP contribution in [0.4, 0.5) is 0 Å². The largest absolute Gasteiger partial charge is 0.481 e. The fourth-order valence-corrected chi connectivity index (χ4v) is 2.80. The number of nitrogens with one attached hydrogen (secondary N) is 1. The molecule has 0 radical (unpaired) electrons. The zero-order chi connectivity index (χ0) is 15.5. The zero-order valence-electron chi connectivity index (χ0n) is 12.6. The van der Waals surface area contributed by atoms with Crippen LogP contribution in [-0.4, -0.2) is 23.0 Å². The number of carboxylic acid groups (broad SMARTS) is 1. The molecule has 0 bridgehead atoms. The minimum atomic E-state index is -1.18. The van der Waals surface area contributed by atoms with Gasteiger partial charge in [0.05, 0.1) is 5.41 Å². The van der Waals surface area contributed by atoms with Crippen molar-refractivity contribution < 1.29 is 14.7 Å². The SMILES string of the molecule is CCCC1CC1NC(=O)CC(C)(C(=O)O)c1ccccc1. The molecule has 3 unspecified atom stereocenters. The highest BCUT2D eigenvalue weighted by atomic mass is 16.4. The first-order valence-corrected chi connectivity index (χ1v) is 7.55. The summed E-state index contributed by atoms with van der Waals surface area (Å²) in [6.07, 6.45) is 3.24. The molecule has 2 N–H and O–H groups in total. The van der Waals surface area contributed by atoms with Crippen molar-refractivity contribution >= 4 is 11.9 Å². The van der Waals surface area contributed by atoms with Gasteiger partial charge >= 0.3 is 5.97 Å². The molecule has 1 aliphatic rings. The third-order valence-corrected chi connectivity index (χ3v) is 4.33. The fraction of sp³-hybridized carbons (Fsp3) is 0.529. The van der Waals surface area contributed by atoms with Crippen LogP contribution < -0.4 is 5.32 Å². The first-order valence-electron chi connectivity index (χ1n) is 7.55. The number of aliphatic carboxylic acids is 1. The second kappa shape index (κ2) is 6.29. The maximum atomic E-state index is 12.2. The van der Waals surface area contributed by atoms with E-state index in [0.29, 0.717) is 11.5 Å². The van der Waals surface area contributed by atoms with E-state index in [-0.39, 0.29) is 18.4 Å². The van der Waals surface area contributed by atoms with Gasteiger partial charge in [-0.3, -0.25) is 9.59 Å². The number of benzene rings is 1. The van der Waals surface area contributed by atoms with Crippen molar-refractivity contribution in [3.63, 3.8) is 0 Å². The first-order chi connectivity index (χ1) is 9.97. The van der Waals surface area contributed by atoms with Crippen LogP contribution in [0.5, 0.6) is 0 Å². The Morgan fingerprint density at radius 2 is 2.00 bits per heavy atom. The van der Waals surface area contributed by atoms with Gasteiger partial charge in [-0.05, 0) is 31.2 Å². The van der Waals surface area contributed by atoms with E-state index in [1.165, 1.54) is 0 Å². The highest BCUT2D eigenvalue weighted by Crippen LogP contribution is 2.35. The minimum Gasteiger partial charge on any atom is -0.481 e. The number of amides is 1. The van der Waals surface area contributed by atoms with Crippen molar-refractivity contribution in [3.05, 3.63) is 35.9 Å². The Balaban J connectivity index is 2.01. The third-order valence-electron chi connectivity index (χ3n) is 4.33. The summed E-state index contributed by atoms with van der Waals surface area (Å²) in [7, 11) is 0. The van der Waals surface area contributed by atoms with Gasteiger partial charge in [0.1, 0.15) is 0 Å². The predicted octanol–water partition coefficient (Wildman–Crippen LogP) is 2.72. The van der Waals surface area contributed by atoms with E-state index in [4.69, 9.17) is 0 Å². The van der Waals surface area contributed by atoms with E-state index in [9.17, 15) is 14.7 Å². The quantitative estimate of drug-likeness (QED) is 0.811. The van der Waals surface area contributed by atoms with E-state index in [1.54, 1.807) is 31.2 Å².